The molecule has 0 aromatic carbocycles. The van der Waals surface area contributed by atoms with Gasteiger partial charge in [0.2, 0.25) is 5.91 Å². The molecule has 1 amide bonds. The van der Waals surface area contributed by atoms with Gasteiger partial charge < -0.3 is 10.1 Å². The summed E-state index contributed by atoms with van der Waals surface area (Å²) in [5.41, 5.74) is 0. The molecule has 2 rings (SSSR count). The molecule has 1 heterocycles. The molecule has 0 aromatic heterocycles. The van der Waals surface area contributed by atoms with Crippen LogP contribution in [-0.4, -0.2) is 49.7 Å². The molecule has 110 valence electrons. The van der Waals surface area contributed by atoms with Gasteiger partial charge in [-0.05, 0) is 51.6 Å². The second-order valence-corrected chi connectivity index (χ2v) is 5.94. The quantitative estimate of drug-likeness (QED) is 0.716. The van der Waals surface area contributed by atoms with Crippen molar-refractivity contribution in [2.24, 2.45) is 5.92 Å². The number of nitrogens with one attached hydrogen (secondary N) is 1. The van der Waals surface area contributed by atoms with E-state index in [1.165, 1.54) is 38.5 Å². The van der Waals surface area contributed by atoms with Crippen LogP contribution in [0.4, 0.5) is 0 Å². The van der Waals surface area contributed by atoms with Gasteiger partial charge in [0.25, 0.3) is 0 Å². The average molecular weight is 268 g/mol. The number of ether oxygens (including phenoxy) is 1. The smallest absolute Gasteiger partial charge is 0.237 e. The summed E-state index contributed by atoms with van der Waals surface area (Å²) in [6.45, 7) is 6.31. The van der Waals surface area contributed by atoms with Crippen molar-refractivity contribution in [2.75, 3.05) is 32.8 Å². The summed E-state index contributed by atoms with van der Waals surface area (Å²) in [6, 6.07) is 0.00142. The fourth-order valence-corrected chi connectivity index (χ4v) is 2.58. The van der Waals surface area contributed by atoms with Crippen LogP contribution < -0.4 is 5.32 Å². The first-order valence-corrected chi connectivity index (χ1v) is 7.87. The molecule has 0 unspecified atom stereocenters. The minimum absolute atomic E-state index is 0.00142. The summed E-state index contributed by atoms with van der Waals surface area (Å²) in [5, 5.41) is 2.99. The van der Waals surface area contributed by atoms with Gasteiger partial charge in [-0.2, -0.15) is 0 Å². The van der Waals surface area contributed by atoms with E-state index >= 15 is 0 Å². The molecule has 1 atom stereocenters. The summed E-state index contributed by atoms with van der Waals surface area (Å²) in [5.74, 6) is 0.948. The Labute approximate surface area is 116 Å². The van der Waals surface area contributed by atoms with E-state index in [0.717, 1.165) is 25.6 Å². The number of carbonyl (C=O) groups excluding carboxylic acids is 1. The molecule has 0 spiro atoms. The van der Waals surface area contributed by atoms with E-state index in [2.05, 4.69) is 10.2 Å². The zero-order chi connectivity index (χ0) is 13.5. The van der Waals surface area contributed by atoms with Crippen LogP contribution in [0.3, 0.4) is 0 Å². The summed E-state index contributed by atoms with van der Waals surface area (Å²) < 4.78 is 5.52. The fraction of sp³-hybridized carbons (Fsp3) is 0.933. The average Bonchev–Trinajstić information content (AvgIpc) is 3.23. The highest BCUT2D eigenvalue weighted by atomic mass is 16.5. The first-order valence-electron chi connectivity index (χ1n) is 7.87. The van der Waals surface area contributed by atoms with Crippen molar-refractivity contribution in [3.8, 4) is 0 Å². The van der Waals surface area contributed by atoms with Crippen LogP contribution >= 0.6 is 0 Å². The molecule has 1 saturated carbocycles. The summed E-state index contributed by atoms with van der Waals surface area (Å²) in [7, 11) is 0. The molecular formula is C15H28N2O2. The van der Waals surface area contributed by atoms with Gasteiger partial charge in [-0.1, -0.05) is 12.8 Å². The van der Waals surface area contributed by atoms with Crippen LogP contribution in [0.25, 0.3) is 0 Å². The van der Waals surface area contributed by atoms with E-state index in [9.17, 15) is 4.79 Å². The van der Waals surface area contributed by atoms with Crippen LogP contribution in [0.1, 0.15) is 45.4 Å². The lowest BCUT2D eigenvalue weighted by atomic mass is 10.2. The Kier molecular flexibility index (Phi) is 6.11. The molecule has 0 radical (unpaired) electrons. The van der Waals surface area contributed by atoms with Gasteiger partial charge in [0.15, 0.2) is 0 Å². The maximum Gasteiger partial charge on any atom is 0.237 e. The molecule has 19 heavy (non-hydrogen) atoms. The van der Waals surface area contributed by atoms with E-state index in [4.69, 9.17) is 4.74 Å². The Morgan fingerprint density at radius 1 is 1.26 bits per heavy atom. The van der Waals surface area contributed by atoms with Gasteiger partial charge >= 0.3 is 0 Å². The number of nitrogens with zero attached hydrogens (tertiary/aromatic N) is 1. The molecule has 2 fully saturated rings. The standard InChI is InChI=1S/C15H28N2O2/c1-13(17-9-4-2-3-5-10-17)15(18)16-8-11-19-12-14-6-7-14/h13-14H,2-12H2,1H3,(H,16,18)/t13-/m1/s1. The van der Waals surface area contributed by atoms with Gasteiger partial charge in [0.1, 0.15) is 0 Å². The van der Waals surface area contributed by atoms with Gasteiger partial charge in [0.05, 0.1) is 12.6 Å². The topological polar surface area (TPSA) is 41.6 Å². The third-order valence-corrected chi connectivity index (χ3v) is 4.16. The van der Waals surface area contributed by atoms with Crippen molar-refractivity contribution < 1.29 is 9.53 Å². The number of rotatable bonds is 7. The molecule has 1 saturated heterocycles. The molecule has 2 aliphatic rings. The first-order chi connectivity index (χ1) is 9.27. The minimum atomic E-state index is 0.00142. The van der Waals surface area contributed by atoms with Crippen molar-refractivity contribution >= 4 is 5.91 Å². The molecule has 1 N–H and O–H groups in total. The number of carbonyl (C=O) groups is 1. The van der Waals surface area contributed by atoms with Gasteiger partial charge in [0, 0.05) is 13.2 Å². The summed E-state index contributed by atoms with van der Waals surface area (Å²) >= 11 is 0. The molecule has 4 heteroatoms. The zero-order valence-corrected chi connectivity index (χ0v) is 12.2. The molecule has 1 aliphatic carbocycles. The van der Waals surface area contributed by atoms with E-state index in [1.807, 2.05) is 6.92 Å². The van der Waals surface area contributed by atoms with E-state index in [-0.39, 0.29) is 11.9 Å². The Morgan fingerprint density at radius 2 is 1.95 bits per heavy atom. The highest BCUT2D eigenvalue weighted by molar-refractivity contribution is 5.81. The molecular weight excluding hydrogens is 240 g/mol. The van der Waals surface area contributed by atoms with Crippen molar-refractivity contribution in [2.45, 2.75) is 51.5 Å². The SMILES string of the molecule is C[C@H](C(=O)NCCOCC1CC1)N1CCCCCC1. The lowest BCUT2D eigenvalue weighted by Crippen LogP contribution is -2.46. The van der Waals surface area contributed by atoms with Crippen LogP contribution in [0.15, 0.2) is 0 Å². The third kappa shape index (κ3) is 5.49. The highest BCUT2D eigenvalue weighted by Crippen LogP contribution is 2.28. The normalized spacial score (nSPS) is 22.8. The maximum absolute atomic E-state index is 12.1. The Hall–Kier alpha value is -0.610. The third-order valence-electron chi connectivity index (χ3n) is 4.16. The predicted octanol–water partition coefficient (Wildman–Crippen LogP) is 1.79. The van der Waals surface area contributed by atoms with E-state index in [1.54, 1.807) is 0 Å². The van der Waals surface area contributed by atoms with Crippen LogP contribution in [-0.2, 0) is 9.53 Å². The fourth-order valence-electron chi connectivity index (χ4n) is 2.58. The largest absolute Gasteiger partial charge is 0.379 e. The molecule has 1 aliphatic heterocycles. The van der Waals surface area contributed by atoms with Crippen LogP contribution in [0.2, 0.25) is 0 Å². The van der Waals surface area contributed by atoms with Crippen LogP contribution in [0, 0.1) is 5.92 Å². The second-order valence-electron chi connectivity index (χ2n) is 5.94. The Balaban J connectivity index is 1.57. The number of hydrogen-bond acceptors (Lipinski definition) is 3. The van der Waals surface area contributed by atoms with Crippen molar-refractivity contribution in [3.63, 3.8) is 0 Å². The maximum atomic E-state index is 12.1. The highest BCUT2D eigenvalue weighted by Gasteiger charge is 2.22. The number of amides is 1. The molecule has 0 bridgehead atoms. The number of hydrogen-bond donors (Lipinski definition) is 1. The monoisotopic (exact) mass is 268 g/mol. The van der Waals surface area contributed by atoms with Gasteiger partial charge in [-0.15, -0.1) is 0 Å². The molecule has 0 aromatic rings. The lowest BCUT2D eigenvalue weighted by Gasteiger charge is -2.26. The minimum Gasteiger partial charge on any atom is -0.379 e. The van der Waals surface area contributed by atoms with Gasteiger partial charge in [-0.3, -0.25) is 9.69 Å². The molecule has 4 nitrogen and oxygen atoms in total. The lowest BCUT2D eigenvalue weighted by molar-refractivity contribution is -0.126. The van der Waals surface area contributed by atoms with E-state index < -0.39 is 0 Å². The van der Waals surface area contributed by atoms with E-state index in [0.29, 0.717) is 13.2 Å². The predicted molar refractivity (Wildman–Crippen MR) is 76.1 cm³/mol. The summed E-state index contributed by atoms with van der Waals surface area (Å²) in [4.78, 5) is 14.4. The summed E-state index contributed by atoms with van der Waals surface area (Å²) in [6.07, 6.45) is 7.70. The van der Waals surface area contributed by atoms with Crippen molar-refractivity contribution in [1.82, 2.24) is 10.2 Å². The Bertz CT molecular complexity index is 271. The van der Waals surface area contributed by atoms with Gasteiger partial charge in [-0.25, -0.2) is 0 Å². The Morgan fingerprint density at radius 3 is 2.58 bits per heavy atom. The number of likely N-dealkylation sites (tertiary alicyclic amines) is 1. The van der Waals surface area contributed by atoms with Crippen molar-refractivity contribution in [1.29, 1.82) is 0 Å². The second kappa shape index (κ2) is 7.85. The zero-order valence-electron chi connectivity index (χ0n) is 12.2. The first kappa shape index (κ1) is 14.8. The van der Waals surface area contributed by atoms with Crippen LogP contribution in [0.5, 0.6) is 0 Å². The van der Waals surface area contributed by atoms with Crippen molar-refractivity contribution in [3.05, 3.63) is 0 Å².